The normalized spacial score (nSPS) is 16.3. The Kier molecular flexibility index (Phi) is 2.35. The second-order valence-electron chi connectivity index (χ2n) is 2.91. The number of hydrogen-bond acceptors (Lipinski definition) is 4. The van der Waals surface area contributed by atoms with Crippen molar-refractivity contribution in [2.45, 2.75) is 12.8 Å². The number of carbonyl (C=O) groups is 1. The fraction of sp³-hybridized carbons (Fsp3) is 0.375. The van der Waals surface area contributed by atoms with Gasteiger partial charge in [0.1, 0.15) is 5.00 Å². The van der Waals surface area contributed by atoms with Gasteiger partial charge in [-0.2, -0.15) is 0 Å². The van der Waals surface area contributed by atoms with Gasteiger partial charge in [0.25, 0.3) is 0 Å². The minimum absolute atomic E-state index is 0.0658. The largest absolute Gasteiger partial charge is 0.315 e. The van der Waals surface area contributed by atoms with Crippen molar-refractivity contribution in [2.75, 3.05) is 5.32 Å². The molecule has 0 unspecified atom stereocenters. The van der Waals surface area contributed by atoms with Crippen LogP contribution in [0.25, 0.3) is 0 Å². The van der Waals surface area contributed by atoms with Gasteiger partial charge < -0.3 is 5.32 Å². The third-order valence-corrected chi connectivity index (χ3v) is 2.57. The van der Waals surface area contributed by atoms with Crippen LogP contribution < -0.4 is 5.32 Å². The number of hydrogen-bond donors (Lipinski definition) is 1. The molecule has 1 N–H and O–H groups in total. The van der Waals surface area contributed by atoms with Crippen molar-refractivity contribution in [2.24, 2.45) is 5.92 Å². The predicted molar refractivity (Wildman–Crippen MR) is 50.4 cm³/mol. The van der Waals surface area contributed by atoms with E-state index in [0.717, 1.165) is 17.8 Å². The Labute approximate surface area is 79.8 Å². The number of allylic oxidation sites excluding steroid dienone is 2. The van der Waals surface area contributed by atoms with Crippen molar-refractivity contribution in [1.29, 1.82) is 0 Å². The summed E-state index contributed by atoms with van der Waals surface area (Å²) >= 11 is 1.20. The number of rotatable bonds is 2. The number of anilines is 1. The fourth-order valence-corrected chi connectivity index (χ4v) is 1.70. The van der Waals surface area contributed by atoms with E-state index in [1.54, 1.807) is 6.20 Å². The lowest BCUT2D eigenvalue weighted by Crippen LogP contribution is -2.19. The highest BCUT2D eigenvalue weighted by Gasteiger charge is 2.19. The van der Waals surface area contributed by atoms with E-state index in [1.807, 2.05) is 12.2 Å². The molecule has 0 fully saturated rings. The van der Waals surface area contributed by atoms with Crippen LogP contribution in [-0.4, -0.2) is 15.5 Å². The monoisotopic (exact) mass is 195 g/mol. The van der Waals surface area contributed by atoms with Gasteiger partial charge in [-0.05, 0) is 12.8 Å². The zero-order chi connectivity index (χ0) is 9.10. The molecule has 1 heterocycles. The Morgan fingerprint density at radius 1 is 1.54 bits per heavy atom. The maximum absolute atomic E-state index is 11.5. The molecule has 13 heavy (non-hydrogen) atoms. The first kappa shape index (κ1) is 8.37. The molecule has 1 amide bonds. The summed E-state index contributed by atoms with van der Waals surface area (Å²) < 4.78 is 3.66. The van der Waals surface area contributed by atoms with E-state index in [0.29, 0.717) is 0 Å². The van der Waals surface area contributed by atoms with Crippen molar-refractivity contribution in [3.8, 4) is 0 Å². The zero-order valence-electron chi connectivity index (χ0n) is 6.93. The highest BCUT2D eigenvalue weighted by atomic mass is 32.1. The summed E-state index contributed by atoms with van der Waals surface area (Å²) in [6.45, 7) is 0. The maximum atomic E-state index is 11.5. The molecule has 5 heteroatoms. The lowest BCUT2D eigenvalue weighted by Gasteiger charge is -2.07. The van der Waals surface area contributed by atoms with Gasteiger partial charge in [0.15, 0.2) is 0 Å². The molecule has 0 aliphatic heterocycles. The van der Waals surface area contributed by atoms with Crippen molar-refractivity contribution < 1.29 is 4.79 Å². The van der Waals surface area contributed by atoms with Gasteiger partial charge in [0.2, 0.25) is 5.91 Å². The first-order valence-corrected chi connectivity index (χ1v) is 4.87. The minimum Gasteiger partial charge on any atom is -0.315 e. The van der Waals surface area contributed by atoms with E-state index in [1.165, 1.54) is 11.5 Å². The molecule has 2 rings (SSSR count). The van der Waals surface area contributed by atoms with Crippen LogP contribution in [0.15, 0.2) is 18.3 Å². The Balaban J connectivity index is 1.92. The first-order chi connectivity index (χ1) is 6.36. The van der Waals surface area contributed by atoms with E-state index in [4.69, 9.17) is 0 Å². The maximum Gasteiger partial charge on any atom is 0.228 e. The Bertz CT molecular complexity index is 312. The van der Waals surface area contributed by atoms with Crippen molar-refractivity contribution in [3.05, 3.63) is 18.3 Å². The summed E-state index contributed by atoms with van der Waals surface area (Å²) in [4.78, 5) is 11.5. The molecule has 1 aromatic heterocycles. The molecule has 1 aliphatic carbocycles. The van der Waals surface area contributed by atoms with Crippen molar-refractivity contribution >= 4 is 22.4 Å². The summed E-state index contributed by atoms with van der Waals surface area (Å²) in [6.07, 6.45) is 7.32. The molecular weight excluding hydrogens is 186 g/mol. The van der Waals surface area contributed by atoms with E-state index in [9.17, 15) is 4.79 Å². The SMILES string of the molecule is O=C(Nc1cnns1)C1CC=CC1. The third kappa shape index (κ3) is 1.92. The summed E-state index contributed by atoms with van der Waals surface area (Å²) in [5.41, 5.74) is 0. The second-order valence-corrected chi connectivity index (χ2v) is 3.70. The Morgan fingerprint density at radius 3 is 2.92 bits per heavy atom. The summed E-state index contributed by atoms with van der Waals surface area (Å²) in [5, 5.41) is 7.14. The number of amides is 1. The first-order valence-electron chi connectivity index (χ1n) is 4.09. The Hall–Kier alpha value is -1.23. The molecular formula is C8H9N3OS. The lowest BCUT2D eigenvalue weighted by atomic mass is 10.1. The van der Waals surface area contributed by atoms with Gasteiger partial charge in [-0.15, -0.1) is 5.10 Å². The van der Waals surface area contributed by atoms with Crippen LogP contribution in [0, 0.1) is 5.92 Å². The smallest absolute Gasteiger partial charge is 0.228 e. The molecule has 0 bridgehead atoms. The van der Waals surface area contributed by atoms with Gasteiger partial charge >= 0.3 is 0 Å². The van der Waals surface area contributed by atoms with Crippen LogP contribution in [0.4, 0.5) is 5.00 Å². The number of carbonyl (C=O) groups excluding carboxylic acids is 1. The topological polar surface area (TPSA) is 54.9 Å². The highest BCUT2D eigenvalue weighted by molar-refractivity contribution is 7.10. The summed E-state index contributed by atoms with van der Waals surface area (Å²) in [7, 11) is 0. The van der Waals surface area contributed by atoms with E-state index in [2.05, 4.69) is 14.9 Å². The number of aromatic nitrogens is 2. The highest BCUT2D eigenvalue weighted by Crippen LogP contribution is 2.20. The van der Waals surface area contributed by atoms with Crippen molar-refractivity contribution in [1.82, 2.24) is 9.59 Å². The molecule has 0 aromatic carbocycles. The minimum atomic E-state index is 0.0658. The van der Waals surface area contributed by atoms with E-state index >= 15 is 0 Å². The second kappa shape index (κ2) is 3.66. The average molecular weight is 195 g/mol. The van der Waals surface area contributed by atoms with Crippen LogP contribution in [0.1, 0.15) is 12.8 Å². The molecule has 1 aromatic rings. The van der Waals surface area contributed by atoms with Crippen LogP contribution in [0.3, 0.4) is 0 Å². The molecule has 1 aliphatic rings. The molecule has 68 valence electrons. The molecule has 0 saturated carbocycles. The molecule has 4 nitrogen and oxygen atoms in total. The van der Waals surface area contributed by atoms with Crippen LogP contribution in [0.5, 0.6) is 0 Å². The average Bonchev–Trinajstić information content (AvgIpc) is 2.74. The summed E-state index contributed by atoms with van der Waals surface area (Å²) in [5.74, 6) is 0.165. The quantitative estimate of drug-likeness (QED) is 0.726. The number of nitrogens with one attached hydrogen (secondary N) is 1. The molecule has 0 radical (unpaired) electrons. The molecule has 0 saturated heterocycles. The fourth-order valence-electron chi connectivity index (χ4n) is 1.28. The van der Waals surface area contributed by atoms with Crippen LogP contribution in [0.2, 0.25) is 0 Å². The van der Waals surface area contributed by atoms with E-state index in [-0.39, 0.29) is 11.8 Å². The lowest BCUT2D eigenvalue weighted by molar-refractivity contribution is -0.119. The predicted octanol–water partition coefficient (Wildman–Crippen LogP) is 1.44. The molecule has 0 spiro atoms. The standard InChI is InChI=1S/C8H9N3OS/c12-8(6-3-1-2-4-6)10-7-5-9-11-13-7/h1-2,5-6H,3-4H2,(H,10,12). The summed E-state index contributed by atoms with van der Waals surface area (Å²) in [6, 6.07) is 0. The van der Waals surface area contributed by atoms with Crippen LogP contribution in [-0.2, 0) is 4.79 Å². The van der Waals surface area contributed by atoms with Gasteiger partial charge in [0.05, 0.1) is 6.20 Å². The van der Waals surface area contributed by atoms with Crippen molar-refractivity contribution in [3.63, 3.8) is 0 Å². The van der Waals surface area contributed by atoms with Gasteiger partial charge in [0, 0.05) is 17.5 Å². The molecule has 0 atom stereocenters. The Morgan fingerprint density at radius 2 is 2.31 bits per heavy atom. The van der Waals surface area contributed by atoms with Gasteiger partial charge in [-0.3, -0.25) is 4.79 Å². The van der Waals surface area contributed by atoms with Crippen LogP contribution >= 0.6 is 11.5 Å². The van der Waals surface area contributed by atoms with Gasteiger partial charge in [-0.25, -0.2) is 0 Å². The van der Waals surface area contributed by atoms with Gasteiger partial charge in [-0.1, -0.05) is 16.6 Å². The third-order valence-electron chi connectivity index (χ3n) is 1.99. The van der Waals surface area contributed by atoms with E-state index < -0.39 is 0 Å². The number of nitrogens with zero attached hydrogens (tertiary/aromatic N) is 2. The zero-order valence-corrected chi connectivity index (χ0v) is 7.75.